The topological polar surface area (TPSA) is 72.2 Å². The first-order chi connectivity index (χ1) is 6.51. The molecular formula is C9H12N2O2S. The molecule has 0 atom stereocenters. The van der Waals surface area contributed by atoms with Gasteiger partial charge in [-0.2, -0.15) is 0 Å². The highest BCUT2D eigenvalue weighted by molar-refractivity contribution is 7.89. The molecule has 0 fully saturated rings. The summed E-state index contributed by atoms with van der Waals surface area (Å²) in [6.07, 6.45) is 1.52. The molecule has 0 spiro atoms. The van der Waals surface area contributed by atoms with Crippen molar-refractivity contribution in [1.82, 2.24) is 4.72 Å². The van der Waals surface area contributed by atoms with Crippen LogP contribution in [0.2, 0.25) is 0 Å². The summed E-state index contributed by atoms with van der Waals surface area (Å²) >= 11 is 0. The van der Waals surface area contributed by atoms with E-state index in [0.29, 0.717) is 11.3 Å². The van der Waals surface area contributed by atoms with Crippen molar-refractivity contribution in [3.63, 3.8) is 0 Å². The summed E-state index contributed by atoms with van der Waals surface area (Å²) in [5, 5.41) is 0. The van der Waals surface area contributed by atoms with Gasteiger partial charge in [0.15, 0.2) is 0 Å². The van der Waals surface area contributed by atoms with E-state index < -0.39 is 10.0 Å². The molecule has 1 aromatic carbocycles. The first-order valence-corrected chi connectivity index (χ1v) is 5.45. The van der Waals surface area contributed by atoms with Gasteiger partial charge in [0.2, 0.25) is 10.0 Å². The Hall–Kier alpha value is -1.33. The van der Waals surface area contributed by atoms with Crippen LogP contribution < -0.4 is 10.5 Å². The lowest BCUT2D eigenvalue weighted by atomic mass is 10.2. The first kappa shape index (κ1) is 10.7. The number of rotatable bonds is 3. The molecule has 0 aliphatic rings. The highest BCUT2D eigenvalue weighted by atomic mass is 32.2. The van der Waals surface area contributed by atoms with Crippen molar-refractivity contribution in [1.29, 1.82) is 0 Å². The molecule has 5 heteroatoms. The lowest BCUT2D eigenvalue weighted by molar-refractivity contribution is 0.588. The highest BCUT2D eigenvalue weighted by Crippen LogP contribution is 2.18. The van der Waals surface area contributed by atoms with Crippen LogP contribution in [0.3, 0.4) is 0 Å². The van der Waals surface area contributed by atoms with Crippen LogP contribution in [0, 0.1) is 0 Å². The van der Waals surface area contributed by atoms with Crippen LogP contribution in [0.25, 0.3) is 6.08 Å². The van der Waals surface area contributed by atoms with Gasteiger partial charge >= 0.3 is 0 Å². The van der Waals surface area contributed by atoms with Crippen LogP contribution in [0.1, 0.15) is 5.56 Å². The van der Waals surface area contributed by atoms with Crippen LogP contribution in [-0.2, 0) is 10.0 Å². The summed E-state index contributed by atoms with van der Waals surface area (Å²) < 4.78 is 25.0. The van der Waals surface area contributed by atoms with Crippen molar-refractivity contribution in [3.05, 3.63) is 30.3 Å². The Morgan fingerprint density at radius 2 is 2.14 bits per heavy atom. The Kier molecular flexibility index (Phi) is 2.93. The minimum atomic E-state index is -3.40. The van der Waals surface area contributed by atoms with E-state index in [-0.39, 0.29) is 4.90 Å². The average molecular weight is 212 g/mol. The minimum Gasteiger partial charge on any atom is -0.398 e. The van der Waals surface area contributed by atoms with Crippen molar-refractivity contribution in [3.8, 4) is 0 Å². The van der Waals surface area contributed by atoms with E-state index in [4.69, 9.17) is 5.73 Å². The van der Waals surface area contributed by atoms with Gasteiger partial charge in [0.05, 0.1) is 4.90 Å². The van der Waals surface area contributed by atoms with Gasteiger partial charge in [-0.1, -0.05) is 12.7 Å². The van der Waals surface area contributed by atoms with E-state index in [1.165, 1.54) is 25.3 Å². The summed E-state index contributed by atoms with van der Waals surface area (Å²) in [4.78, 5) is 0.184. The first-order valence-electron chi connectivity index (χ1n) is 3.97. The van der Waals surface area contributed by atoms with Crippen LogP contribution >= 0.6 is 0 Å². The summed E-state index contributed by atoms with van der Waals surface area (Å²) in [7, 11) is -2.04. The van der Waals surface area contributed by atoms with E-state index in [0.717, 1.165) is 0 Å². The number of nitrogens with two attached hydrogens (primary N) is 1. The third kappa shape index (κ3) is 1.94. The average Bonchev–Trinajstić information content (AvgIpc) is 2.18. The van der Waals surface area contributed by atoms with Crippen molar-refractivity contribution in [2.75, 3.05) is 12.8 Å². The third-order valence-electron chi connectivity index (χ3n) is 1.86. The van der Waals surface area contributed by atoms with Crippen LogP contribution in [0.4, 0.5) is 5.69 Å². The van der Waals surface area contributed by atoms with Crippen LogP contribution in [0.15, 0.2) is 29.7 Å². The largest absolute Gasteiger partial charge is 0.398 e. The van der Waals surface area contributed by atoms with Crippen LogP contribution in [-0.4, -0.2) is 15.5 Å². The van der Waals surface area contributed by atoms with E-state index in [1.807, 2.05) is 0 Å². The third-order valence-corrected chi connectivity index (χ3v) is 3.27. The van der Waals surface area contributed by atoms with Gasteiger partial charge in [0.1, 0.15) is 0 Å². The van der Waals surface area contributed by atoms with E-state index in [2.05, 4.69) is 11.3 Å². The Labute approximate surface area is 83.5 Å². The standard InChI is InChI=1S/C9H12N2O2S/c1-3-7-6-8(4-5-9(7)10)14(12,13)11-2/h3-6,11H,1,10H2,2H3. The quantitative estimate of drug-likeness (QED) is 0.728. The second-order valence-corrected chi connectivity index (χ2v) is 4.59. The molecule has 0 amide bonds. The van der Waals surface area contributed by atoms with Crippen molar-refractivity contribution in [2.45, 2.75) is 4.90 Å². The summed E-state index contributed by atoms with van der Waals surface area (Å²) in [5.41, 5.74) is 6.72. The van der Waals surface area contributed by atoms with E-state index in [9.17, 15) is 8.42 Å². The molecular weight excluding hydrogens is 200 g/mol. The van der Waals surface area contributed by atoms with Gasteiger partial charge in [-0.3, -0.25) is 0 Å². The summed E-state index contributed by atoms with van der Waals surface area (Å²) in [6.45, 7) is 3.55. The number of benzene rings is 1. The Morgan fingerprint density at radius 3 is 2.64 bits per heavy atom. The molecule has 1 rings (SSSR count). The number of sulfonamides is 1. The number of hydrogen-bond acceptors (Lipinski definition) is 3. The van der Waals surface area contributed by atoms with Crippen LogP contribution in [0.5, 0.6) is 0 Å². The molecule has 3 N–H and O–H groups in total. The van der Waals surface area contributed by atoms with Crippen molar-refractivity contribution >= 4 is 21.8 Å². The van der Waals surface area contributed by atoms with Gasteiger partial charge in [-0.25, -0.2) is 13.1 Å². The van der Waals surface area contributed by atoms with Crippen molar-refractivity contribution < 1.29 is 8.42 Å². The Balaban J connectivity index is 3.33. The zero-order chi connectivity index (χ0) is 10.8. The van der Waals surface area contributed by atoms with Crippen molar-refractivity contribution in [2.24, 2.45) is 0 Å². The molecule has 0 unspecified atom stereocenters. The number of nitrogen functional groups attached to an aromatic ring is 1. The molecule has 76 valence electrons. The second-order valence-electron chi connectivity index (χ2n) is 2.70. The molecule has 0 heterocycles. The molecule has 0 radical (unpaired) electrons. The predicted molar refractivity (Wildman–Crippen MR) is 57.2 cm³/mol. The maximum atomic E-state index is 11.4. The molecule has 1 aromatic rings. The molecule has 0 saturated carbocycles. The predicted octanol–water partition coefficient (Wildman–Crippen LogP) is 0.820. The fourth-order valence-corrected chi connectivity index (χ4v) is 1.78. The summed E-state index contributed by atoms with van der Waals surface area (Å²) in [6, 6.07) is 4.48. The van der Waals surface area contributed by atoms with E-state index >= 15 is 0 Å². The summed E-state index contributed by atoms with van der Waals surface area (Å²) in [5.74, 6) is 0. The molecule has 0 aliphatic carbocycles. The van der Waals surface area contributed by atoms with E-state index in [1.54, 1.807) is 6.07 Å². The van der Waals surface area contributed by atoms with Gasteiger partial charge in [-0.15, -0.1) is 0 Å². The normalized spacial score (nSPS) is 11.2. The zero-order valence-electron chi connectivity index (χ0n) is 7.82. The second kappa shape index (κ2) is 3.81. The van der Waals surface area contributed by atoms with Gasteiger partial charge < -0.3 is 5.73 Å². The van der Waals surface area contributed by atoms with Gasteiger partial charge in [0.25, 0.3) is 0 Å². The molecule has 14 heavy (non-hydrogen) atoms. The molecule has 4 nitrogen and oxygen atoms in total. The fraction of sp³-hybridized carbons (Fsp3) is 0.111. The molecule has 0 saturated heterocycles. The maximum Gasteiger partial charge on any atom is 0.240 e. The lowest BCUT2D eigenvalue weighted by Gasteiger charge is -2.05. The number of hydrogen-bond donors (Lipinski definition) is 2. The highest BCUT2D eigenvalue weighted by Gasteiger charge is 2.11. The number of nitrogens with one attached hydrogen (secondary N) is 1. The monoisotopic (exact) mass is 212 g/mol. The Bertz CT molecular complexity index is 452. The minimum absolute atomic E-state index is 0.184. The molecule has 0 bridgehead atoms. The molecule has 0 aliphatic heterocycles. The zero-order valence-corrected chi connectivity index (χ0v) is 8.64. The van der Waals surface area contributed by atoms with Gasteiger partial charge in [0, 0.05) is 5.69 Å². The molecule has 0 aromatic heterocycles. The smallest absolute Gasteiger partial charge is 0.240 e. The Morgan fingerprint density at radius 1 is 1.50 bits per heavy atom. The maximum absolute atomic E-state index is 11.4. The van der Waals surface area contributed by atoms with Gasteiger partial charge in [-0.05, 0) is 30.8 Å². The number of anilines is 1. The lowest BCUT2D eigenvalue weighted by Crippen LogP contribution is -2.18. The fourth-order valence-electron chi connectivity index (χ4n) is 1.01. The SMILES string of the molecule is C=Cc1cc(S(=O)(=O)NC)ccc1N.